The highest BCUT2D eigenvalue weighted by molar-refractivity contribution is 6.00. The Labute approximate surface area is 259 Å². The van der Waals surface area contributed by atoms with Crippen LogP contribution in [0.2, 0.25) is 0 Å². The van der Waals surface area contributed by atoms with Crippen molar-refractivity contribution in [3.8, 4) is 22.3 Å². The second-order valence-electron chi connectivity index (χ2n) is 11.2. The summed E-state index contributed by atoms with van der Waals surface area (Å²) in [6, 6.07) is 25.4. The molecule has 1 heterocycles. The Morgan fingerprint density at radius 2 is 1.36 bits per heavy atom. The van der Waals surface area contributed by atoms with Gasteiger partial charge in [-0.1, -0.05) is 78.9 Å². The van der Waals surface area contributed by atoms with E-state index in [2.05, 4.69) is 5.32 Å². The van der Waals surface area contributed by atoms with Crippen molar-refractivity contribution < 1.29 is 32.7 Å². The molecule has 1 aliphatic rings. The molecule has 45 heavy (non-hydrogen) atoms. The SMILES string of the molecule is CC(=O)C([C@@H]1CCCN1)N(C(=O)c1ccc(-c2ccc(C(F)(F)F)cc2)cc1)[C@@H](Cc1ccc(-c2ccccc2)cc1)C(=O)O. The number of carbonyl (C=O) groups excluding carboxylic acids is 2. The average molecular weight is 615 g/mol. The summed E-state index contributed by atoms with van der Waals surface area (Å²) in [4.78, 5) is 41.3. The van der Waals surface area contributed by atoms with Crippen LogP contribution in [-0.4, -0.2) is 52.3 Å². The highest BCUT2D eigenvalue weighted by Crippen LogP contribution is 2.31. The van der Waals surface area contributed by atoms with Crippen LogP contribution in [0.4, 0.5) is 13.2 Å². The molecule has 5 rings (SSSR count). The number of halogens is 3. The van der Waals surface area contributed by atoms with Crippen LogP contribution in [0.1, 0.15) is 41.3 Å². The molecule has 0 spiro atoms. The molecule has 0 aliphatic carbocycles. The van der Waals surface area contributed by atoms with Crippen molar-refractivity contribution in [3.05, 3.63) is 120 Å². The van der Waals surface area contributed by atoms with Gasteiger partial charge in [-0.3, -0.25) is 9.59 Å². The molecule has 4 aromatic carbocycles. The molecule has 0 bridgehead atoms. The lowest BCUT2D eigenvalue weighted by Gasteiger charge is -2.38. The summed E-state index contributed by atoms with van der Waals surface area (Å²) < 4.78 is 39.0. The Bertz CT molecular complexity index is 1630. The van der Waals surface area contributed by atoms with Crippen LogP contribution in [0.3, 0.4) is 0 Å². The maximum Gasteiger partial charge on any atom is 0.416 e. The standard InChI is InChI=1S/C36H33F3N2O4/c1-23(42)33(31-8-5-21-40-31)41(32(35(44)45)22-24-9-11-26(12-10-24)25-6-3-2-4-7-25)34(43)29-15-13-27(14-16-29)28-17-19-30(20-18-28)36(37,38)39/h2-4,6-7,9-20,31-33,40H,5,8,21-22H2,1H3,(H,44,45)/t31-,32-,33?/m0/s1. The number of carboxylic acid groups (broad SMARTS) is 1. The maximum atomic E-state index is 14.2. The third kappa shape index (κ3) is 7.32. The fourth-order valence-electron chi connectivity index (χ4n) is 5.91. The van der Waals surface area contributed by atoms with Gasteiger partial charge in [-0.15, -0.1) is 0 Å². The van der Waals surface area contributed by atoms with Crippen LogP contribution in [0.15, 0.2) is 103 Å². The summed E-state index contributed by atoms with van der Waals surface area (Å²) in [5, 5.41) is 13.7. The minimum Gasteiger partial charge on any atom is -0.480 e. The lowest BCUT2D eigenvalue weighted by atomic mass is 9.94. The van der Waals surface area contributed by atoms with Crippen LogP contribution >= 0.6 is 0 Å². The molecule has 1 amide bonds. The van der Waals surface area contributed by atoms with Crippen molar-refractivity contribution in [2.45, 2.75) is 50.5 Å². The van der Waals surface area contributed by atoms with Gasteiger partial charge >= 0.3 is 12.1 Å². The Hall–Kier alpha value is -4.76. The number of alkyl halides is 3. The summed E-state index contributed by atoms with van der Waals surface area (Å²) >= 11 is 0. The predicted molar refractivity (Wildman–Crippen MR) is 166 cm³/mol. The highest BCUT2D eigenvalue weighted by Gasteiger charge is 2.42. The van der Waals surface area contributed by atoms with Crippen LogP contribution in [0, 0.1) is 0 Å². The molecule has 0 aromatic heterocycles. The molecule has 4 aromatic rings. The van der Waals surface area contributed by atoms with E-state index >= 15 is 0 Å². The monoisotopic (exact) mass is 614 g/mol. The van der Waals surface area contributed by atoms with Gasteiger partial charge in [0.1, 0.15) is 12.1 Å². The first kappa shape index (κ1) is 31.7. The number of carboxylic acids is 1. The number of ketones is 1. The smallest absolute Gasteiger partial charge is 0.416 e. The molecule has 6 nitrogen and oxygen atoms in total. The van der Waals surface area contributed by atoms with Gasteiger partial charge < -0.3 is 15.3 Å². The van der Waals surface area contributed by atoms with E-state index in [1.807, 2.05) is 54.6 Å². The second kappa shape index (κ2) is 13.5. The third-order valence-electron chi connectivity index (χ3n) is 8.22. The Morgan fingerprint density at radius 3 is 1.84 bits per heavy atom. The van der Waals surface area contributed by atoms with Gasteiger partial charge in [0, 0.05) is 18.0 Å². The molecular formula is C36H33F3N2O4. The van der Waals surface area contributed by atoms with Crippen LogP contribution in [0.25, 0.3) is 22.3 Å². The van der Waals surface area contributed by atoms with Crippen molar-refractivity contribution in [2.75, 3.05) is 6.54 Å². The van der Waals surface area contributed by atoms with E-state index in [0.717, 1.165) is 29.7 Å². The van der Waals surface area contributed by atoms with Crippen molar-refractivity contribution in [3.63, 3.8) is 0 Å². The molecule has 1 saturated heterocycles. The summed E-state index contributed by atoms with van der Waals surface area (Å²) in [5.41, 5.74) is 3.18. The van der Waals surface area contributed by atoms with Gasteiger partial charge in [0.05, 0.1) is 5.56 Å². The lowest BCUT2D eigenvalue weighted by molar-refractivity contribution is -0.144. The number of nitrogens with zero attached hydrogens (tertiary/aromatic N) is 1. The second-order valence-corrected chi connectivity index (χ2v) is 11.2. The van der Waals surface area contributed by atoms with Crippen LogP contribution in [-0.2, 0) is 22.2 Å². The van der Waals surface area contributed by atoms with Gasteiger partial charge in [0.25, 0.3) is 5.91 Å². The molecule has 9 heteroatoms. The number of hydrogen-bond acceptors (Lipinski definition) is 4. The third-order valence-corrected chi connectivity index (χ3v) is 8.22. The van der Waals surface area contributed by atoms with Crippen LogP contribution in [0.5, 0.6) is 0 Å². The number of carbonyl (C=O) groups is 3. The first-order valence-corrected chi connectivity index (χ1v) is 14.7. The van der Waals surface area contributed by atoms with Gasteiger partial charge in [-0.05, 0) is 78.4 Å². The lowest BCUT2D eigenvalue weighted by Crippen LogP contribution is -2.60. The molecule has 0 saturated carbocycles. The van der Waals surface area contributed by atoms with Crippen molar-refractivity contribution in [1.82, 2.24) is 10.2 Å². The maximum absolute atomic E-state index is 14.2. The number of benzene rings is 4. The minimum absolute atomic E-state index is 0.0176. The van der Waals surface area contributed by atoms with Crippen molar-refractivity contribution >= 4 is 17.7 Å². The molecule has 232 valence electrons. The number of hydrogen-bond donors (Lipinski definition) is 2. The molecule has 1 unspecified atom stereocenters. The normalized spacial score (nSPS) is 16.1. The number of aliphatic carboxylic acids is 1. The zero-order chi connectivity index (χ0) is 32.1. The molecular weight excluding hydrogens is 581 g/mol. The first-order chi connectivity index (χ1) is 21.5. The van der Waals surface area contributed by atoms with Gasteiger partial charge in [-0.25, -0.2) is 4.79 Å². The van der Waals surface area contributed by atoms with E-state index in [1.54, 1.807) is 12.1 Å². The number of Topliss-reactive ketones (excluding diaryl/α,β-unsaturated/α-hetero) is 1. The van der Waals surface area contributed by atoms with E-state index < -0.39 is 41.7 Å². The van der Waals surface area contributed by atoms with Crippen LogP contribution < -0.4 is 5.32 Å². The Balaban J connectivity index is 1.46. The first-order valence-electron chi connectivity index (χ1n) is 14.7. The van der Waals surface area contributed by atoms with E-state index in [-0.39, 0.29) is 17.8 Å². The Kier molecular flexibility index (Phi) is 9.48. The summed E-state index contributed by atoms with van der Waals surface area (Å²) in [7, 11) is 0. The van der Waals surface area contributed by atoms with Gasteiger partial charge in [-0.2, -0.15) is 13.2 Å². The zero-order valence-electron chi connectivity index (χ0n) is 24.6. The topological polar surface area (TPSA) is 86.7 Å². The quantitative estimate of drug-likeness (QED) is 0.203. The summed E-state index contributed by atoms with van der Waals surface area (Å²) in [6.45, 7) is 2.02. The van der Waals surface area contributed by atoms with Gasteiger partial charge in [0.15, 0.2) is 5.78 Å². The number of amides is 1. The van der Waals surface area contributed by atoms with E-state index in [9.17, 15) is 32.7 Å². The van der Waals surface area contributed by atoms with Crippen molar-refractivity contribution in [1.29, 1.82) is 0 Å². The van der Waals surface area contributed by atoms with E-state index in [0.29, 0.717) is 29.7 Å². The van der Waals surface area contributed by atoms with E-state index in [1.165, 1.54) is 36.1 Å². The largest absolute Gasteiger partial charge is 0.480 e. The summed E-state index contributed by atoms with van der Waals surface area (Å²) in [5.74, 6) is -2.17. The molecule has 0 radical (unpaired) electrons. The molecule has 3 atom stereocenters. The summed E-state index contributed by atoms with van der Waals surface area (Å²) in [6.07, 6.45) is -3.07. The molecule has 2 N–H and O–H groups in total. The van der Waals surface area contributed by atoms with Crippen molar-refractivity contribution in [2.24, 2.45) is 0 Å². The zero-order valence-corrected chi connectivity index (χ0v) is 24.6. The molecule has 1 fully saturated rings. The highest BCUT2D eigenvalue weighted by atomic mass is 19.4. The number of nitrogens with one attached hydrogen (secondary N) is 1. The molecule has 1 aliphatic heterocycles. The average Bonchev–Trinajstić information content (AvgIpc) is 3.57. The van der Waals surface area contributed by atoms with E-state index in [4.69, 9.17) is 0 Å². The fourth-order valence-corrected chi connectivity index (χ4v) is 5.91. The fraction of sp³-hybridized carbons (Fsp3) is 0.250. The predicted octanol–water partition coefficient (Wildman–Crippen LogP) is 6.89. The minimum atomic E-state index is -4.45. The van der Waals surface area contributed by atoms with Gasteiger partial charge in [0.2, 0.25) is 0 Å². The Morgan fingerprint density at radius 1 is 0.822 bits per heavy atom. The number of rotatable bonds is 10.